The average molecular weight is 212 g/mol. The lowest BCUT2D eigenvalue weighted by Crippen LogP contribution is -2.57. The molecule has 86 valence electrons. The van der Waals surface area contributed by atoms with Gasteiger partial charge in [0, 0.05) is 0 Å². The number of hydrogen-bond donors (Lipinski definition) is 3. The third-order valence-electron chi connectivity index (χ3n) is 3.43. The van der Waals surface area contributed by atoms with Crippen molar-refractivity contribution in [1.82, 2.24) is 10.6 Å². The molecule has 4 heteroatoms. The Balaban J connectivity index is 1.62. The minimum Gasteiger partial charge on any atom is -0.394 e. The lowest BCUT2D eigenvalue weighted by atomic mass is 9.77. The molecule has 0 radical (unpaired) electrons. The fraction of sp³-hybridized carbons (Fsp3) is 0.909. The van der Waals surface area contributed by atoms with E-state index >= 15 is 0 Å². The van der Waals surface area contributed by atoms with Crippen LogP contribution in [-0.4, -0.2) is 36.2 Å². The monoisotopic (exact) mass is 212 g/mol. The highest BCUT2D eigenvalue weighted by Gasteiger charge is 2.37. The molecule has 0 atom stereocenters. The molecular weight excluding hydrogens is 192 g/mol. The van der Waals surface area contributed by atoms with Gasteiger partial charge in [-0.3, -0.25) is 4.79 Å². The van der Waals surface area contributed by atoms with E-state index in [0.717, 1.165) is 31.7 Å². The third kappa shape index (κ3) is 2.92. The molecule has 3 N–H and O–H groups in total. The Bertz CT molecular complexity index is 229. The summed E-state index contributed by atoms with van der Waals surface area (Å²) in [6, 6.07) is 0. The Labute approximate surface area is 90.4 Å². The minimum absolute atomic E-state index is 0.0180. The lowest BCUT2D eigenvalue weighted by Gasteiger charge is -2.41. The second-order valence-electron chi connectivity index (χ2n) is 4.91. The van der Waals surface area contributed by atoms with E-state index in [-0.39, 0.29) is 18.1 Å². The fourth-order valence-corrected chi connectivity index (χ4v) is 1.98. The van der Waals surface area contributed by atoms with E-state index < -0.39 is 0 Å². The molecule has 4 nitrogen and oxygen atoms in total. The number of carbonyl (C=O) groups excluding carboxylic acids is 1. The topological polar surface area (TPSA) is 61.4 Å². The van der Waals surface area contributed by atoms with Crippen LogP contribution in [0.25, 0.3) is 0 Å². The first-order valence-corrected chi connectivity index (χ1v) is 5.87. The van der Waals surface area contributed by atoms with Crippen LogP contribution in [0.5, 0.6) is 0 Å². The largest absolute Gasteiger partial charge is 0.394 e. The predicted molar refractivity (Wildman–Crippen MR) is 57.4 cm³/mol. The second kappa shape index (κ2) is 4.49. The summed E-state index contributed by atoms with van der Waals surface area (Å²) in [4.78, 5) is 11.5. The van der Waals surface area contributed by atoms with E-state index in [0.29, 0.717) is 6.54 Å². The van der Waals surface area contributed by atoms with Gasteiger partial charge in [-0.05, 0) is 44.6 Å². The van der Waals surface area contributed by atoms with Crippen molar-refractivity contribution in [3.8, 4) is 0 Å². The van der Waals surface area contributed by atoms with Crippen LogP contribution in [0, 0.1) is 5.92 Å². The van der Waals surface area contributed by atoms with E-state index in [2.05, 4.69) is 10.6 Å². The molecule has 0 aliphatic heterocycles. The van der Waals surface area contributed by atoms with Crippen molar-refractivity contribution in [1.29, 1.82) is 0 Å². The molecule has 2 aliphatic rings. The van der Waals surface area contributed by atoms with Crippen molar-refractivity contribution in [3.63, 3.8) is 0 Å². The van der Waals surface area contributed by atoms with Crippen LogP contribution in [0.15, 0.2) is 0 Å². The van der Waals surface area contributed by atoms with Gasteiger partial charge < -0.3 is 15.7 Å². The summed E-state index contributed by atoms with van der Waals surface area (Å²) in [5.41, 5.74) is -0.293. The van der Waals surface area contributed by atoms with Gasteiger partial charge in [0.2, 0.25) is 5.91 Å². The molecule has 0 aromatic heterocycles. The summed E-state index contributed by atoms with van der Waals surface area (Å²) < 4.78 is 0. The van der Waals surface area contributed by atoms with E-state index in [4.69, 9.17) is 0 Å². The molecule has 2 rings (SSSR count). The number of aliphatic hydroxyl groups excluding tert-OH is 1. The van der Waals surface area contributed by atoms with Crippen LogP contribution < -0.4 is 10.6 Å². The van der Waals surface area contributed by atoms with E-state index in [1.54, 1.807) is 0 Å². The van der Waals surface area contributed by atoms with Crippen LogP contribution in [0.4, 0.5) is 0 Å². The highest BCUT2D eigenvalue weighted by Crippen LogP contribution is 2.31. The summed E-state index contributed by atoms with van der Waals surface area (Å²) in [5.74, 6) is 0.817. The molecular formula is C11H20N2O2. The lowest BCUT2D eigenvalue weighted by molar-refractivity contribution is -0.124. The van der Waals surface area contributed by atoms with Gasteiger partial charge in [0.05, 0.1) is 18.7 Å². The van der Waals surface area contributed by atoms with Crippen molar-refractivity contribution in [2.75, 3.05) is 19.7 Å². The number of hydrogen-bond acceptors (Lipinski definition) is 3. The van der Waals surface area contributed by atoms with E-state index in [9.17, 15) is 9.90 Å². The summed E-state index contributed by atoms with van der Waals surface area (Å²) in [7, 11) is 0. The first-order valence-electron chi connectivity index (χ1n) is 5.87. The average Bonchev–Trinajstić information content (AvgIpc) is 2.95. The van der Waals surface area contributed by atoms with Gasteiger partial charge in [-0.2, -0.15) is 0 Å². The van der Waals surface area contributed by atoms with Gasteiger partial charge in [-0.15, -0.1) is 0 Å². The Kier molecular flexibility index (Phi) is 3.26. The summed E-state index contributed by atoms with van der Waals surface area (Å²) in [6.07, 6.45) is 5.54. The number of amides is 1. The molecule has 1 amide bonds. The zero-order valence-electron chi connectivity index (χ0n) is 9.09. The summed E-state index contributed by atoms with van der Waals surface area (Å²) >= 11 is 0. The quantitative estimate of drug-likeness (QED) is 0.581. The van der Waals surface area contributed by atoms with Crippen molar-refractivity contribution in [2.45, 2.75) is 37.6 Å². The van der Waals surface area contributed by atoms with Gasteiger partial charge in [-0.25, -0.2) is 0 Å². The maximum absolute atomic E-state index is 11.5. The number of rotatable bonds is 6. The van der Waals surface area contributed by atoms with Crippen molar-refractivity contribution in [2.24, 2.45) is 5.92 Å². The molecule has 2 aliphatic carbocycles. The summed E-state index contributed by atoms with van der Waals surface area (Å²) in [5, 5.41) is 15.2. The molecule has 15 heavy (non-hydrogen) atoms. The van der Waals surface area contributed by atoms with E-state index in [1.807, 2.05) is 0 Å². The Morgan fingerprint density at radius 2 is 2.13 bits per heavy atom. The maximum atomic E-state index is 11.5. The van der Waals surface area contributed by atoms with Gasteiger partial charge >= 0.3 is 0 Å². The highest BCUT2D eigenvalue weighted by molar-refractivity contribution is 5.79. The third-order valence-corrected chi connectivity index (χ3v) is 3.43. The van der Waals surface area contributed by atoms with Crippen LogP contribution in [0.1, 0.15) is 32.1 Å². The molecule has 0 aromatic carbocycles. The maximum Gasteiger partial charge on any atom is 0.234 e. The van der Waals surface area contributed by atoms with Crippen LogP contribution in [-0.2, 0) is 4.79 Å². The fourth-order valence-electron chi connectivity index (χ4n) is 1.98. The molecule has 0 bridgehead atoms. The van der Waals surface area contributed by atoms with Gasteiger partial charge in [-0.1, -0.05) is 0 Å². The minimum atomic E-state index is -0.293. The molecule has 2 saturated carbocycles. The number of carbonyl (C=O) groups is 1. The van der Waals surface area contributed by atoms with Gasteiger partial charge in [0.15, 0.2) is 0 Å². The van der Waals surface area contributed by atoms with Crippen molar-refractivity contribution < 1.29 is 9.90 Å². The molecule has 0 spiro atoms. The predicted octanol–water partition coefficient (Wildman–Crippen LogP) is 0.0172. The molecule has 0 unspecified atom stereocenters. The van der Waals surface area contributed by atoms with Gasteiger partial charge in [0.1, 0.15) is 0 Å². The van der Waals surface area contributed by atoms with Gasteiger partial charge in [0.25, 0.3) is 0 Å². The van der Waals surface area contributed by atoms with Crippen LogP contribution in [0.2, 0.25) is 0 Å². The number of nitrogens with one attached hydrogen (secondary N) is 2. The van der Waals surface area contributed by atoms with Crippen molar-refractivity contribution >= 4 is 5.91 Å². The molecule has 0 saturated heterocycles. The first-order chi connectivity index (χ1) is 7.24. The Hall–Kier alpha value is -0.610. The zero-order valence-corrected chi connectivity index (χ0v) is 9.09. The first kappa shape index (κ1) is 10.9. The summed E-state index contributed by atoms with van der Waals surface area (Å²) in [6.45, 7) is 1.42. The molecule has 0 heterocycles. The molecule has 0 aromatic rings. The molecule has 2 fully saturated rings. The normalized spacial score (nSPS) is 23.3. The smallest absolute Gasteiger partial charge is 0.234 e. The number of aliphatic hydroxyl groups is 1. The standard InChI is InChI=1S/C11H20N2O2/c14-8-11(4-1-5-11)13-10(15)7-12-6-9-2-3-9/h9,12,14H,1-8H2,(H,13,15). The Morgan fingerprint density at radius 3 is 2.60 bits per heavy atom. The van der Waals surface area contributed by atoms with Crippen LogP contribution >= 0.6 is 0 Å². The SMILES string of the molecule is O=C(CNCC1CC1)NC1(CO)CCC1. The second-order valence-corrected chi connectivity index (χ2v) is 4.91. The van der Waals surface area contributed by atoms with E-state index in [1.165, 1.54) is 12.8 Å². The van der Waals surface area contributed by atoms with Crippen LogP contribution in [0.3, 0.4) is 0 Å². The zero-order chi connectivity index (χ0) is 10.7. The van der Waals surface area contributed by atoms with Crippen molar-refractivity contribution in [3.05, 3.63) is 0 Å². The highest BCUT2D eigenvalue weighted by atomic mass is 16.3. The Morgan fingerprint density at radius 1 is 1.40 bits per heavy atom.